The fourth-order valence-corrected chi connectivity index (χ4v) is 4.60. The molecule has 0 amide bonds. The molecule has 196 valence electrons. The van der Waals surface area contributed by atoms with Crippen molar-refractivity contribution in [1.29, 1.82) is 0 Å². The molecule has 4 rings (SSSR count). The summed E-state index contributed by atoms with van der Waals surface area (Å²) < 4.78 is 17.2. The lowest BCUT2D eigenvalue weighted by Crippen LogP contribution is -2.42. The molecule has 14 heteroatoms. The number of hydrogen-bond acceptors (Lipinski definition) is 10. The van der Waals surface area contributed by atoms with Crippen LogP contribution in [0.1, 0.15) is 38.5 Å². The number of carboxylic acids is 1. The number of fused-ring (bicyclic) bond motifs is 1. The van der Waals surface area contributed by atoms with Gasteiger partial charge < -0.3 is 39.5 Å². The largest absolute Gasteiger partial charge is 0.480 e. The number of carboxylic acid groups (broad SMARTS) is 1. The molecule has 12 nitrogen and oxygen atoms in total. The second kappa shape index (κ2) is 13.6. The van der Waals surface area contributed by atoms with E-state index in [1.165, 1.54) is 25.7 Å². The van der Waals surface area contributed by atoms with Gasteiger partial charge >= 0.3 is 5.97 Å². The molecule has 0 spiro atoms. The first kappa shape index (κ1) is 27.9. The van der Waals surface area contributed by atoms with Crippen LogP contribution < -0.4 is 5.32 Å². The van der Waals surface area contributed by atoms with Gasteiger partial charge in [-0.1, -0.05) is 12.8 Å². The number of rotatable bonds is 11. The van der Waals surface area contributed by atoms with Gasteiger partial charge in [0.2, 0.25) is 13.7 Å². The molecule has 2 fully saturated rings. The number of anilines is 1. The van der Waals surface area contributed by atoms with E-state index in [4.69, 9.17) is 30.9 Å². The Hall–Kier alpha value is -1.63. The topological polar surface area (TPSA) is 168 Å². The molecule has 3 heterocycles. The third-order valence-corrected chi connectivity index (χ3v) is 7.08. The maximum Gasteiger partial charge on any atom is 0.329 e. The van der Waals surface area contributed by atoms with Crippen LogP contribution in [0.15, 0.2) is 18.3 Å². The lowest BCUT2D eigenvalue weighted by Gasteiger charge is -2.32. The highest BCUT2D eigenvalue weighted by molar-refractivity contribution is 7.46. The zero-order valence-corrected chi connectivity index (χ0v) is 20.9. The third-order valence-electron chi connectivity index (χ3n) is 5.79. The Balaban J connectivity index is 0.000000197. The van der Waals surface area contributed by atoms with Crippen molar-refractivity contribution in [2.75, 3.05) is 38.4 Å². The minimum absolute atomic E-state index is 0.0942. The minimum Gasteiger partial charge on any atom is -0.480 e. The quantitative estimate of drug-likeness (QED) is 0.267. The maximum atomic E-state index is 10.3. The van der Waals surface area contributed by atoms with Crippen molar-refractivity contribution in [2.24, 2.45) is 0 Å². The number of aliphatic hydroxyl groups excluding tert-OH is 1. The Labute approximate surface area is 209 Å². The van der Waals surface area contributed by atoms with E-state index in [9.17, 15) is 19.7 Å². The Morgan fingerprint density at radius 1 is 1.31 bits per heavy atom. The van der Waals surface area contributed by atoms with Gasteiger partial charge in [-0.2, -0.15) is 4.98 Å². The molecule has 1 saturated carbocycles. The number of carbonyl (C=O) groups is 1. The first-order valence-corrected chi connectivity index (χ1v) is 13.1. The molecule has 2 aromatic rings. The average Bonchev–Trinajstić information content (AvgIpc) is 3.59. The van der Waals surface area contributed by atoms with Crippen LogP contribution >= 0.6 is 20.0 Å². The number of hydrogen-bond donors (Lipinski definition) is 5. The van der Waals surface area contributed by atoms with Crippen molar-refractivity contribution < 1.29 is 39.0 Å². The summed E-state index contributed by atoms with van der Waals surface area (Å²) in [7, 11) is -2.65. The number of halogens is 1. The molecule has 2 unspecified atom stereocenters. The highest BCUT2D eigenvalue weighted by Gasteiger charge is 2.41. The lowest BCUT2D eigenvalue weighted by atomic mass is 10.2. The molecule has 0 radical (unpaired) electrons. The molecule has 2 aromatic heterocycles. The van der Waals surface area contributed by atoms with Gasteiger partial charge in [0.15, 0.2) is 11.2 Å². The number of ether oxygens (including phenoxy) is 3. The molecule has 1 aliphatic heterocycles. The van der Waals surface area contributed by atoms with Crippen LogP contribution in [-0.4, -0.2) is 91.1 Å². The van der Waals surface area contributed by atoms with Gasteiger partial charge in [-0.25, -0.2) is 9.31 Å². The highest BCUT2D eigenvalue weighted by Crippen LogP contribution is 2.43. The van der Waals surface area contributed by atoms with Gasteiger partial charge in [0.1, 0.15) is 12.1 Å². The van der Waals surface area contributed by atoms with E-state index in [1.54, 1.807) is 4.52 Å². The second-order valence-electron chi connectivity index (χ2n) is 8.42. The second-order valence-corrected chi connectivity index (χ2v) is 10.2. The smallest absolute Gasteiger partial charge is 0.329 e. The molecule has 1 saturated heterocycles. The predicted molar refractivity (Wildman–Crippen MR) is 128 cm³/mol. The number of nitrogens with zero attached hydrogens (tertiary/aromatic N) is 3. The molecule has 5 N–H and O–H groups in total. The highest BCUT2D eigenvalue weighted by atomic mass is 35.5. The average molecular weight is 535 g/mol. The van der Waals surface area contributed by atoms with Crippen LogP contribution in [0.4, 0.5) is 5.82 Å². The van der Waals surface area contributed by atoms with E-state index in [2.05, 4.69) is 15.4 Å². The summed E-state index contributed by atoms with van der Waals surface area (Å²) in [6, 6.07) is 4.47. The molecular weight excluding hydrogens is 503 g/mol. The zero-order valence-electron chi connectivity index (χ0n) is 19.3. The van der Waals surface area contributed by atoms with Crippen LogP contribution in [0, 0.1) is 0 Å². The van der Waals surface area contributed by atoms with E-state index in [0.29, 0.717) is 12.6 Å². The SMILES string of the molecule is Clc1nc(NC2CCCC2)c2cccn2n1.O=C(O)COCC(CO)(OCC1CCCO1)P(O)O. The Morgan fingerprint density at radius 3 is 2.71 bits per heavy atom. The number of aliphatic carboxylic acids is 1. The van der Waals surface area contributed by atoms with Gasteiger partial charge in [-0.05, 0) is 49.4 Å². The van der Waals surface area contributed by atoms with Gasteiger partial charge in [0, 0.05) is 18.8 Å². The fraction of sp³-hybridized carbons (Fsp3) is 0.667. The molecule has 35 heavy (non-hydrogen) atoms. The summed E-state index contributed by atoms with van der Waals surface area (Å²) in [6.45, 7) is -0.979. The van der Waals surface area contributed by atoms with Crippen LogP contribution in [0.5, 0.6) is 0 Å². The number of nitrogens with one attached hydrogen (secondary N) is 1. The van der Waals surface area contributed by atoms with Gasteiger partial charge in [0.05, 0.1) is 25.9 Å². The normalized spacial score (nSPS) is 20.1. The first-order chi connectivity index (χ1) is 16.8. The van der Waals surface area contributed by atoms with E-state index >= 15 is 0 Å². The van der Waals surface area contributed by atoms with Crippen LogP contribution in [0.3, 0.4) is 0 Å². The van der Waals surface area contributed by atoms with Crippen molar-refractivity contribution in [2.45, 2.75) is 56.0 Å². The minimum atomic E-state index is -2.65. The third kappa shape index (κ3) is 8.19. The summed E-state index contributed by atoms with van der Waals surface area (Å²) in [5, 5.41) is 23.9. The molecule has 2 atom stereocenters. The van der Waals surface area contributed by atoms with Crippen molar-refractivity contribution in [1.82, 2.24) is 14.6 Å². The van der Waals surface area contributed by atoms with Crippen molar-refractivity contribution in [3.05, 3.63) is 23.6 Å². The predicted octanol–water partition coefficient (Wildman–Crippen LogP) is 2.01. The zero-order chi connectivity index (χ0) is 25.3. The van der Waals surface area contributed by atoms with E-state index in [1.807, 2.05) is 18.3 Å². The van der Waals surface area contributed by atoms with Gasteiger partial charge in [0.25, 0.3) is 0 Å². The Kier molecular flexibility index (Phi) is 10.9. The Bertz CT molecular complexity index is 939. The van der Waals surface area contributed by atoms with E-state index in [0.717, 1.165) is 24.2 Å². The van der Waals surface area contributed by atoms with Gasteiger partial charge in [-0.15, -0.1) is 5.10 Å². The summed E-state index contributed by atoms with van der Waals surface area (Å²) >= 11 is 5.88. The molecule has 2 aliphatic rings. The molecular formula is C21H32ClN4O8P. The van der Waals surface area contributed by atoms with Crippen molar-refractivity contribution in [3.8, 4) is 0 Å². The van der Waals surface area contributed by atoms with Crippen LogP contribution in [-0.2, 0) is 19.0 Å². The number of aromatic nitrogens is 3. The van der Waals surface area contributed by atoms with E-state index < -0.39 is 39.5 Å². The summed E-state index contributed by atoms with van der Waals surface area (Å²) in [5.41, 5.74) is 0.983. The van der Waals surface area contributed by atoms with Crippen molar-refractivity contribution in [3.63, 3.8) is 0 Å². The van der Waals surface area contributed by atoms with Crippen LogP contribution in [0.2, 0.25) is 5.28 Å². The molecule has 1 aliphatic carbocycles. The lowest BCUT2D eigenvalue weighted by molar-refractivity contribution is -0.147. The summed E-state index contributed by atoms with van der Waals surface area (Å²) in [4.78, 5) is 33.3. The van der Waals surface area contributed by atoms with E-state index in [-0.39, 0.29) is 18.0 Å². The standard InChI is InChI=1S/C11H13ClN4.C10H19O8P/c12-11-14-10(13-8-4-1-2-5-8)9-6-3-7-16(9)15-11;11-6-10(19(14)15,7-16-5-9(12)13)18-4-8-2-1-3-17-8/h3,6-8H,1-2,4-5H2,(H,13,14,15);8,11,14-15H,1-7H2,(H,12,13). The van der Waals surface area contributed by atoms with Crippen molar-refractivity contribution >= 4 is 37.3 Å². The number of aliphatic hydroxyl groups is 1. The summed E-state index contributed by atoms with van der Waals surface area (Å²) in [6.07, 6.45) is 8.46. The maximum absolute atomic E-state index is 10.3. The van der Waals surface area contributed by atoms with Crippen LogP contribution in [0.25, 0.3) is 5.52 Å². The molecule has 0 bridgehead atoms. The first-order valence-electron chi connectivity index (χ1n) is 11.4. The monoisotopic (exact) mass is 534 g/mol. The Morgan fingerprint density at radius 2 is 2.09 bits per heavy atom. The fourth-order valence-electron chi connectivity index (χ4n) is 3.91. The molecule has 0 aromatic carbocycles. The van der Waals surface area contributed by atoms with Gasteiger partial charge in [-0.3, -0.25) is 0 Å². The summed E-state index contributed by atoms with van der Waals surface area (Å²) in [5.74, 6) is -0.344.